The van der Waals surface area contributed by atoms with Gasteiger partial charge in [0.2, 0.25) is 0 Å². The molecule has 0 aromatic heterocycles. The van der Waals surface area contributed by atoms with E-state index in [9.17, 15) is 4.79 Å². The minimum Gasteiger partial charge on any atom is -0.479 e. The third-order valence-corrected chi connectivity index (χ3v) is 4.21. The summed E-state index contributed by atoms with van der Waals surface area (Å²) in [6.07, 6.45) is 5.22. The second-order valence-corrected chi connectivity index (χ2v) is 6.31. The molecule has 0 saturated heterocycles. The Bertz CT molecular complexity index is 552. The molecule has 22 heavy (non-hydrogen) atoms. The molecule has 0 aliphatic heterocycles. The van der Waals surface area contributed by atoms with Gasteiger partial charge in [-0.3, -0.25) is 4.79 Å². The summed E-state index contributed by atoms with van der Waals surface area (Å²) in [5.74, 6) is 2.68. The van der Waals surface area contributed by atoms with E-state index in [-0.39, 0.29) is 12.5 Å². The van der Waals surface area contributed by atoms with Gasteiger partial charge in [-0.15, -0.1) is 6.42 Å². The normalized spacial score (nSPS) is 10.4. The summed E-state index contributed by atoms with van der Waals surface area (Å²) < 4.78 is 6.97. The minimum atomic E-state index is -0.179. The van der Waals surface area contributed by atoms with Crippen LogP contribution in [0.4, 0.5) is 0 Å². The van der Waals surface area contributed by atoms with Crippen LogP contribution in [-0.4, -0.2) is 43.6 Å². The van der Waals surface area contributed by atoms with Crippen molar-refractivity contribution in [2.45, 2.75) is 13.8 Å². The standard InChI is InChI=1S/C16H20Br2N2O2/c1-4-9-22-15-13(10-12(17)11-14(15)18)16(21)19-7-8-20(5-2)6-3/h1,10-11H,5-9H2,2-3H3,(H,19,21). The number of amides is 1. The lowest BCUT2D eigenvalue weighted by Gasteiger charge is -2.18. The van der Waals surface area contributed by atoms with Crippen LogP contribution in [0.2, 0.25) is 0 Å². The lowest BCUT2D eigenvalue weighted by molar-refractivity contribution is 0.0945. The van der Waals surface area contributed by atoms with Crippen LogP contribution in [0.1, 0.15) is 24.2 Å². The Balaban J connectivity index is 2.81. The molecule has 0 aliphatic carbocycles. The van der Waals surface area contributed by atoms with Gasteiger partial charge in [-0.1, -0.05) is 35.7 Å². The fourth-order valence-electron chi connectivity index (χ4n) is 1.95. The van der Waals surface area contributed by atoms with Gasteiger partial charge in [0.1, 0.15) is 12.4 Å². The maximum atomic E-state index is 12.4. The van der Waals surface area contributed by atoms with E-state index in [0.717, 1.165) is 24.1 Å². The highest BCUT2D eigenvalue weighted by Gasteiger charge is 2.17. The summed E-state index contributed by atoms with van der Waals surface area (Å²) in [4.78, 5) is 14.6. The highest BCUT2D eigenvalue weighted by Crippen LogP contribution is 2.32. The van der Waals surface area contributed by atoms with Crippen molar-refractivity contribution in [1.82, 2.24) is 10.2 Å². The van der Waals surface area contributed by atoms with Crippen molar-refractivity contribution in [2.24, 2.45) is 0 Å². The Kier molecular flexibility index (Phi) is 8.54. The SMILES string of the molecule is C#CCOc1c(Br)cc(Br)cc1C(=O)NCCN(CC)CC. The van der Waals surface area contributed by atoms with Crippen LogP contribution < -0.4 is 10.1 Å². The van der Waals surface area contributed by atoms with Crippen LogP contribution in [0.15, 0.2) is 21.1 Å². The highest BCUT2D eigenvalue weighted by molar-refractivity contribution is 9.11. The number of hydrogen-bond donors (Lipinski definition) is 1. The van der Waals surface area contributed by atoms with Gasteiger partial charge in [0.25, 0.3) is 5.91 Å². The van der Waals surface area contributed by atoms with Crippen molar-refractivity contribution in [1.29, 1.82) is 0 Å². The molecular formula is C16H20Br2N2O2. The molecule has 1 amide bonds. The van der Waals surface area contributed by atoms with Crippen molar-refractivity contribution in [3.63, 3.8) is 0 Å². The molecule has 120 valence electrons. The van der Waals surface area contributed by atoms with E-state index in [1.54, 1.807) is 6.07 Å². The Morgan fingerprint density at radius 3 is 2.64 bits per heavy atom. The molecular weight excluding hydrogens is 412 g/mol. The second-order valence-electron chi connectivity index (χ2n) is 4.54. The van der Waals surface area contributed by atoms with Crippen molar-refractivity contribution in [3.8, 4) is 18.1 Å². The van der Waals surface area contributed by atoms with E-state index in [4.69, 9.17) is 11.2 Å². The zero-order chi connectivity index (χ0) is 16.5. The number of ether oxygens (including phenoxy) is 1. The fraction of sp³-hybridized carbons (Fsp3) is 0.438. The van der Waals surface area contributed by atoms with Gasteiger partial charge < -0.3 is 15.0 Å². The van der Waals surface area contributed by atoms with Crippen LogP contribution in [0.3, 0.4) is 0 Å². The van der Waals surface area contributed by atoms with E-state index < -0.39 is 0 Å². The molecule has 0 spiro atoms. The molecule has 0 radical (unpaired) electrons. The van der Waals surface area contributed by atoms with E-state index in [1.165, 1.54) is 0 Å². The Morgan fingerprint density at radius 1 is 1.36 bits per heavy atom. The summed E-state index contributed by atoms with van der Waals surface area (Å²) in [6.45, 7) is 7.63. The van der Waals surface area contributed by atoms with Crippen LogP contribution in [0.5, 0.6) is 5.75 Å². The zero-order valence-corrected chi connectivity index (χ0v) is 16.0. The molecule has 0 unspecified atom stereocenters. The topological polar surface area (TPSA) is 41.6 Å². The third-order valence-electron chi connectivity index (χ3n) is 3.16. The largest absolute Gasteiger partial charge is 0.479 e. The zero-order valence-electron chi connectivity index (χ0n) is 12.8. The molecule has 0 saturated carbocycles. The van der Waals surface area contributed by atoms with Crippen LogP contribution in [0, 0.1) is 12.3 Å². The fourth-order valence-corrected chi connectivity index (χ4v) is 3.29. The number of likely N-dealkylation sites (N-methyl/N-ethyl adjacent to an activating group) is 1. The molecule has 0 aliphatic rings. The number of carbonyl (C=O) groups is 1. The van der Waals surface area contributed by atoms with Gasteiger partial charge in [0.15, 0.2) is 0 Å². The molecule has 4 nitrogen and oxygen atoms in total. The van der Waals surface area contributed by atoms with Crippen LogP contribution in [-0.2, 0) is 0 Å². The number of nitrogens with one attached hydrogen (secondary N) is 1. The first-order valence-electron chi connectivity index (χ1n) is 7.09. The second kappa shape index (κ2) is 9.88. The maximum Gasteiger partial charge on any atom is 0.255 e. The number of rotatable bonds is 8. The number of hydrogen-bond acceptors (Lipinski definition) is 3. The van der Waals surface area contributed by atoms with Crippen molar-refractivity contribution in [3.05, 3.63) is 26.6 Å². The summed E-state index contributed by atoms with van der Waals surface area (Å²) in [7, 11) is 0. The van der Waals surface area contributed by atoms with Crippen molar-refractivity contribution < 1.29 is 9.53 Å². The summed E-state index contributed by atoms with van der Waals surface area (Å²) in [5.41, 5.74) is 0.455. The molecule has 1 aromatic carbocycles. The quantitative estimate of drug-likeness (QED) is 0.642. The van der Waals surface area contributed by atoms with Gasteiger partial charge in [-0.2, -0.15) is 0 Å². The minimum absolute atomic E-state index is 0.111. The van der Waals surface area contributed by atoms with Gasteiger partial charge in [0.05, 0.1) is 10.0 Å². The number of carbonyl (C=O) groups excluding carboxylic acids is 1. The first-order valence-corrected chi connectivity index (χ1v) is 8.67. The van der Waals surface area contributed by atoms with Crippen molar-refractivity contribution in [2.75, 3.05) is 32.8 Å². The molecule has 0 heterocycles. The van der Waals surface area contributed by atoms with Gasteiger partial charge in [-0.25, -0.2) is 0 Å². The average molecular weight is 432 g/mol. The lowest BCUT2D eigenvalue weighted by atomic mass is 10.2. The van der Waals surface area contributed by atoms with E-state index in [1.807, 2.05) is 6.07 Å². The van der Waals surface area contributed by atoms with Crippen LogP contribution >= 0.6 is 31.9 Å². The molecule has 1 aromatic rings. The summed E-state index contributed by atoms with van der Waals surface area (Å²) in [6, 6.07) is 3.54. The summed E-state index contributed by atoms with van der Waals surface area (Å²) in [5, 5.41) is 2.92. The highest BCUT2D eigenvalue weighted by atomic mass is 79.9. The maximum absolute atomic E-state index is 12.4. The lowest BCUT2D eigenvalue weighted by Crippen LogP contribution is -2.35. The molecule has 1 N–H and O–H groups in total. The molecule has 1 rings (SSSR count). The van der Waals surface area contributed by atoms with E-state index >= 15 is 0 Å². The number of nitrogens with zero attached hydrogens (tertiary/aromatic N) is 1. The smallest absolute Gasteiger partial charge is 0.255 e. The number of terminal acetylenes is 1. The van der Waals surface area contributed by atoms with Crippen molar-refractivity contribution >= 4 is 37.8 Å². The Labute approximate surface area is 148 Å². The summed E-state index contributed by atoms with van der Waals surface area (Å²) >= 11 is 6.78. The predicted molar refractivity (Wildman–Crippen MR) is 96.3 cm³/mol. The number of halogens is 2. The Morgan fingerprint density at radius 2 is 2.05 bits per heavy atom. The van der Waals surface area contributed by atoms with Gasteiger partial charge >= 0.3 is 0 Å². The molecule has 0 bridgehead atoms. The van der Waals surface area contributed by atoms with Gasteiger partial charge in [0, 0.05) is 17.6 Å². The predicted octanol–water partition coefficient (Wildman–Crippen LogP) is 3.30. The average Bonchev–Trinajstić information content (AvgIpc) is 2.50. The Hall–Kier alpha value is -1.03. The molecule has 6 heteroatoms. The first kappa shape index (κ1) is 19.0. The number of benzene rings is 1. The van der Waals surface area contributed by atoms with E-state index in [0.29, 0.717) is 22.3 Å². The third kappa shape index (κ3) is 5.64. The molecule has 0 fully saturated rings. The van der Waals surface area contributed by atoms with E-state index in [2.05, 4.69) is 61.8 Å². The monoisotopic (exact) mass is 430 g/mol. The van der Waals surface area contributed by atoms with Crippen LogP contribution in [0.25, 0.3) is 0 Å². The molecule has 0 atom stereocenters. The van der Waals surface area contributed by atoms with Gasteiger partial charge in [-0.05, 0) is 41.2 Å². The first-order chi connectivity index (χ1) is 10.5.